The number of imidazole rings is 1. The maximum absolute atomic E-state index is 14.3. The number of hydrogen-bond donors (Lipinski definition) is 1. The zero-order valence-corrected chi connectivity index (χ0v) is 16.2. The van der Waals surface area contributed by atoms with Crippen LogP contribution >= 0.6 is 0 Å². The second-order valence-corrected chi connectivity index (χ2v) is 7.31. The van der Waals surface area contributed by atoms with Crippen molar-refractivity contribution >= 4 is 11.0 Å². The van der Waals surface area contributed by atoms with Gasteiger partial charge in [-0.3, -0.25) is 0 Å². The minimum Gasteiger partial charge on any atom is -0.490 e. The van der Waals surface area contributed by atoms with Gasteiger partial charge >= 0.3 is 0 Å². The lowest BCUT2D eigenvalue weighted by atomic mass is 10.2. The summed E-state index contributed by atoms with van der Waals surface area (Å²) in [4.78, 5) is 9.72. The van der Waals surface area contributed by atoms with E-state index in [1.54, 1.807) is 16.9 Å². The smallest absolute Gasteiger partial charge is 0.167 e. The van der Waals surface area contributed by atoms with Crippen molar-refractivity contribution in [3.8, 4) is 17.3 Å². The number of H-pyrrole nitrogens is 1. The summed E-state index contributed by atoms with van der Waals surface area (Å²) in [6.45, 7) is 2.10. The lowest BCUT2D eigenvalue weighted by molar-refractivity contribution is -0.0393. The number of ether oxygens (including phenoxy) is 2. The van der Waals surface area contributed by atoms with Crippen LogP contribution < -0.4 is 4.74 Å². The fourth-order valence-corrected chi connectivity index (χ4v) is 3.29. The zero-order chi connectivity index (χ0) is 19.5. The number of benzene rings is 1. The van der Waals surface area contributed by atoms with Crippen molar-refractivity contribution in [3.05, 3.63) is 30.2 Å². The Kier molecular flexibility index (Phi) is 5.59. The summed E-state index contributed by atoms with van der Waals surface area (Å²) in [7, 11) is 4.00. The normalized spacial score (nSPS) is 17.5. The summed E-state index contributed by atoms with van der Waals surface area (Å²) in [5, 5.41) is 4.53. The lowest BCUT2D eigenvalue weighted by Gasteiger charge is -2.22. The molecule has 149 valence electrons. The highest BCUT2D eigenvalue weighted by molar-refractivity contribution is 5.80. The van der Waals surface area contributed by atoms with Crippen molar-refractivity contribution in [2.24, 2.45) is 0 Å². The molecule has 28 heavy (non-hydrogen) atoms. The Bertz CT molecular complexity index is 930. The van der Waals surface area contributed by atoms with Crippen molar-refractivity contribution in [3.63, 3.8) is 0 Å². The van der Waals surface area contributed by atoms with Crippen molar-refractivity contribution in [1.29, 1.82) is 0 Å². The number of aromatic amines is 1. The molecule has 3 heterocycles. The lowest BCUT2D eigenvalue weighted by Crippen LogP contribution is -2.18. The number of fused-ring (bicyclic) bond motifs is 1. The first kappa shape index (κ1) is 18.9. The molecule has 0 amide bonds. The summed E-state index contributed by atoms with van der Waals surface area (Å²) >= 11 is 0. The Morgan fingerprint density at radius 3 is 3.07 bits per heavy atom. The zero-order valence-electron chi connectivity index (χ0n) is 16.2. The molecule has 1 aromatic carbocycles. The first-order chi connectivity index (χ1) is 13.6. The van der Waals surface area contributed by atoms with Gasteiger partial charge in [0.15, 0.2) is 17.4 Å². The van der Waals surface area contributed by atoms with E-state index in [2.05, 4.69) is 26.0 Å². The van der Waals surface area contributed by atoms with Gasteiger partial charge in [-0.1, -0.05) is 0 Å². The summed E-state index contributed by atoms with van der Waals surface area (Å²) in [5.41, 5.74) is 1.82. The number of hydrogen-bond acceptors (Lipinski definition) is 5. The largest absolute Gasteiger partial charge is 0.490 e. The fourth-order valence-electron chi connectivity index (χ4n) is 3.29. The first-order valence-electron chi connectivity index (χ1n) is 9.66. The van der Waals surface area contributed by atoms with Gasteiger partial charge in [-0.05, 0) is 39.8 Å². The van der Waals surface area contributed by atoms with E-state index >= 15 is 0 Å². The van der Waals surface area contributed by atoms with E-state index in [9.17, 15) is 4.39 Å². The van der Waals surface area contributed by atoms with Crippen LogP contribution in [0.15, 0.2) is 18.3 Å². The summed E-state index contributed by atoms with van der Waals surface area (Å²) in [6, 6.07) is 6.15. The molecule has 8 heteroatoms. The Hall–Kier alpha value is -2.45. The van der Waals surface area contributed by atoms with Gasteiger partial charge in [-0.25, -0.2) is 14.1 Å². The van der Waals surface area contributed by atoms with Crippen LogP contribution in [-0.2, 0) is 4.74 Å². The molecule has 0 spiro atoms. The van der Waals surface area contributed by atoms with E-state index in [-0.39, 0.29) is 12.0 Å². The van der Waals surface area contributed by atoms with Crippen molar-refractivity contribution < 1.29 is 13.9 Å². The van der Waals surface area contributed by atoms with E-state index in [0.29, 0.717) is 29.2 Å². The second-order valence-electron chi connectivity index (χ2n) is 7.31. The molecule has 0 aliphatic carbocycles. The Morgan fingerprint density at radius 2 is 2.29 bits per heavy atom. The van der Waals surface area contributed by atoms with Gasteiger partial charge in [-0.2, -0.15) is 5.10 Å². The number of halogens is 1. The Labute approximate surface area is 163 Å². The van der Waals surface area contributed by atoms with Crippen molar-refractivity contribution in [1.82, 2.24) is 24.6 Å². The van der Waals surface area contributed by atoms with Crippen LogP contribution in [0.4, 0.5) is 4.39 Å². The van der Waals surface area contributed by atoms with Gasteiger partial charge in [0.2, 0.25) is 0 Å². The molecule has 1 atom stereocenters. The quantitative estimate of drug-likeness (QED) is 0.631. The average Bonchev–Trinajstić information content (AvgIpc) is 3.32. The molecule has 3 aromatic rings. The molecule has 1 fully saturated rings. The molecule has 0 saturated carbocycles. The second kappa shape index (κ2) is 8.28. The highest BCUT2D eigenvalue weighted by Crippen LogP contribution is 2.27. The van der Waals surface area contributed by atoms with E-state index in [0.717, 1.165) is 38.8 Å². The third kappa shape index (κ3) is 4.18. The van der Waals surface area contributed by atoms with Crippen LogP contribution in [0.25, 0.3) is 22.6 Å². The van der Waals surface area contributed by atoms with Gasteiger partial charge < -0.3 is 19.4 Å². The summed E-state index contributed by atoms with van der Waals surface area (Å²) in [6.07, 6.45) is 5.70. The van der Waals surface area contributed by atoms with E-state index < -0.39 is 5.82 Å². The van der Waals surface area contributed by atoms with Crippen molar-refractivity contribution in [2.75, 3.05) is 33.9 Å². The van der Waals surface area contributed by atoms with Crippen LogP contribution in [-0.4, -0.2) is 58.5 Å². The molecular formula is C20H25FN5O2. The maximum atomic E-state index is 14.3. The third-order valence-electron chi connectivity index (χ3n) is 4.77. The van der Waals surface area contributed by atoms with Gasteiger partial charge in [0, 0.05) is 37.5 Å². The van der Waals surface area contributed by atoms with E-state index in [4.69, 9.17) is 9.47 Å². The molecule has 1 aliphatic heterocycles. The molecule has 0 bridgehead atoms. The molecular weight excluding hydrogens is 361 g/mol. The average molecular weight is 386 g/mol. The van der Waals surface area contributed by atoms with Gasteiger partial charge in [0.1, 0.15) is 11.9 Å². The number of nitrogens with one attached hydrogen (secondary N) is 1. The standard InChI is InChI=1S/C20H25FN5O2/c1-25(2)8-5-11-27-18-13-17-16(12-14(18)21)22-20(23-17)15-7-9-26(24-15)19-6-3-4-10-28-19/h9,12-13,19H,3-6,8,10-11H2,1-2H3,(H,22,23). The predicted molar refractivity (Wildman–Crippen MR) is 104 cm³/mol. The molecule has 7 nitrogen and oxygen atoms in total. The topological polar surface area (TPSA) is 68.2 Å². The number of nitrogens with zero attached hydrogens (tertiary/aromatic N) is 4. The molecule has 1 radical (unpaired) electrons. The third-order valence-corrected chi connectivity index (χ3v) is 4.77. The molecule has 1 aliphatic rings. The fraction of sp³-hybridized carbons (Fsp3) is 0.500. The monoisotopic (exact) mass is 386 g/mol. The van der Waals surface area contributed by atoms with Gasteiger partial charge in [-0.15, -0.1) is 0 Å². The first-order valence-corrected chi connectivity index (χ1v) is 9.66. The minimum absolute atomic E-state index is 0.0530. The summed E-state index contributed by atoms with van der Waals surface area (Å²) < 4.78 is 27.5. The molecule has 4 rings (SSSR count). The van der Waals surface area contributed by atoms with Gasteiger partial charge in [0.25, 0.3) is 0 Å². The maximum Gasteiger partial charge on any atom is 0.167 e. The summed E-state index contributed by atoms with van der Waals surface area (Å²) in [5.74, 6) is 0.362. The number of rotatable bonds is 7. The van der Waals surface area contributed by atoms with Crippen molar-refractivity contribution in [2.45, 2.75) is 31.9 Å². The van der Waals surface area contributed by atoms with Crippen LogP contribution in [0.2, 0.25) is 0 Å². The van der Waals surface area contributed by atoms with Crippen LogP contribution in [0.1, 0.15) is 31.9 Å². The van der Waals surface area contributed by atoms with Crippen LogP contribution in [0.3, 0.4) is 0 Å². The highest BCUT2D eigenvalue weighted by Gasteiger charge is 2.18. The molecule has 1 saturated heterocycles. The SMILES string of the molecule is CN(C)CCCOc1cc2[nH]c(-c3[c]cn(C4CCCCO4)n3)nc2cc1F. The number of aromatic nitrogens is 4. The van der Waals surface area contributed by atoms with Crippen LogP contribution in [0, 0.1) is 11.9 Å². The molecule has 1 unspecified atom stereocenters. The van der Waals surface area contributed by atoms with E-state index in [1.807, 2.05) is 14.1 Å². The van der Waals surface area contributed by atoms with E-state index in [1.165, 1.54) is 6.07 Å². The highest BCUT2D eigenvalue weighted by atomic mass is 19.1. The molecule has 2 aromatic heterocycles. The minimum atomic E-state index is -0.416. The Morgan fingerprint density at radius 1 is 1.39 bits per heavy atom. The van der Waals surface area contributed by atoms with Gasteiger partial charge in [0.05, 0.1) is 17.6 Å². The molecule has 1 N–H and O–H groups in total. The predicted octanol–water partition coefficient (Wildman–Crippen LogP) is 3.40. The van der Waals surface area contributed by atoms with Crippen LogP contribution in [0.5, 0.6) is 5.75 Å². The Balaban J connectivity index is 1.50.